The van der Waals surface area contributed by atoms with Crippen molar-refractivity contribution in [2.24, 2.45) is 11.8 Å². The molecule has 0 radical (unpaired) electrons. The minimum Gasteiger partial charge on any atom is -0.462 e. The van der Waals surface area contributed by atoms with Crippen LogP contribution in [0.15, 0.2) is 0 Å². The zero-order valence-electron chi connectivity index (χ0n) is 31.9. The Bertz CT molecular complexity index is 723. The molecule has 0 aromatic carbocycles. The van der Waals surface area contributed by atoms with Crippen molar-refractivity contribution in [1.82, 2.24) is 0 Å². The fraction of sp³-hybridized carbons (Fsp3) is 0.927. The summed E-state index contributed by atoms with van der Waals surface area (Å²) >= 11 is 0. The third-order valence-electron chi connectivity index (χ3n) is 9.69. The third-order valence-corrected chi connectivity index (χ3v) is 9.69. The fourth-order valence-electron chi connectivity index (χ4n) is 5.80. The van der Waals surface area contributed by atoms with E-state index in [0.717, 1.165) is 76.0 Å². The van der Waals surface area contributed by atoms with Gasteiger partial charge in [0.1, 0.15) is 13.2 Å². The van der Waals surface area contributed by atoms with E-state index in [0.29, 0.717) is 19.3 Å². The van der Waals surface area contributed by atoms with Crippen LogP contribution in [0.25, 0.3) is 0 Å². The number of hydrogen-bond acceptors (Lipinski definition) is 6. The van der Waals surface area contributed by atoms with Gasteiger partial charge in [0.15, 0.2) is 6.10 Å². The van der Waals surface area contributed by atoms with Crippen molar-refractivity contribution >= 4 is 17.9 Å². The average Bonchev–Trinajstić information content (AvgIpc) is 3.07. The van der Waals surface area contributed by atoms with Crippen LogP contribution in [0.3, 0.4) is 0 Å². The highest BCUT2D eigenvalue weighted by atomic mass is 16.6. The lowest BCUT2D eigenvalue weighted by Crippen LogP contribution is -2.30. The molecular formula is C41H78O6. The number of unbranched alkanes of at least 4 members (excludes halogenated alkanes) is 18. The van der Waals surface area contributed by atoms with Crippen LogP contribution in [-0.4, -0.2) is 37.2 Å². The number of esters is 3. The molecule has 0 bridgehead atoms. The van der Waals surface area contributed by atoms with Gasteiger partial charge in [-0.05, 0) is 31.1 Å². The molecule has 6 heteroatoms. The molecule has 0 aliphatic heterocycles. The molecule has 0 aliphatic rings. The lowest BCUT2D eigenvalue weighted by molar-refractivity contribution is -0.167. The van der Waals surface area contributed by atoms with Gasteiger partial charge in [-0.15, -0.1) is 0 Å². The molecule has 2 unspecified atom stereocenters. The number of rotatable bonds is 35. The Hall–Kier alpha value is -1.59. The fourth-order valence-corrected chi connectivity index (χ4v) is 5.80. The first-order valence-corrected chi connectivity index (χ1v) is 20.3. The van der Waals surface area contributed by atoms with E-state index in [2.05, 4.69) is 34.6 Å². The zero-order chi connectivity index (χ0) is 34.8. The first kappa shape index (κ1) is 45.4. The van der Waals surface area contributed by atoms with Crippen LogP contribution in [0.5, 0.6) is 0 Å². The summed E-state index contributed by atoms with van der Waals surface area (Å²) in [6.07, 6.45) is 29.7. The van der Waals surface area contributed by atoms with Gasteiger partial charge in [-0.25, -0.2) is 0 Å². The maximum Gasteiger partial charge on any atom is 0.306 e. The second kappa shape index (κ2) is 34.3. The van der Waals surface area contributed by atoms with Gasteiger partial charge >= 0.3 is 17.9 Å². The van der Waals surface area contributed by atoms with Crippen LogP contribution in [0.2, 0.25) is 0 Å². The van der Waals surface area contributed by atoms with Gasteiger partial charge < -0.3 is 14.2 Å². The first-order valence-electron chi connectivity index (χ1n) is 20.3. The summed E-state index contributed by atoms with van der Waals surface area (Å²) in [5, 5.41) is 0. The smallest absolute Gasteiger partial charge is 0.306 e. The number of carbonyl (C=O) groups excluding carboxylic acids is 3. The van der Waals surface area contributed by atoms with Crippen molar-refractivity contribution in [1.29, 1.82) is 0 Å². The van der Waals surface area contributed by atoms with Crippen LogP contribution >= 0.6 is 0 Å². The van der Waals surface area contributed by atoms with Crippen molar-refractivity contribution in [2.45, 2.75) is 221 Å². The number of carbonyl (C=O) groups is 3. The van der Waals surface area contributed by atoms with E-state index in [1.807, 2.05) is 0 Å². The lowest BCUT2D eigenvalue weighted by atomic mass is 9.99. The molecule has 0 aromatic heterocycles. The second-order valence-electron chi connectivity index (χ2n) is 14.4. The van der Waals surface area contributed by atoms with E-state index in [1.54, 1.807) is 0 Å². The molecule has 0 aromatic rings. The van der Waals surface area contributed by atoms with Crippen molar-refractivity contribution in [3.05, 3.63) is 0 Å². The summed E-state index contributed by atoms with van der Waals surface area (Å²) in [6.45, 7) is 11.2. The molecule has 278 valence electrons. The van der Waals surface area contributed by atoms with E-state index < -0.39 is 6.10 Å². The highest BCUT2D eigenvalue weighted by Gasteiger charge is 2.19. The molecule has 0 N–H and O–H groups in total. The highest BCUT2D eigenvalue weighted by molar-refractivity contribution is 5.71. The SMILES string of the molecule is CCCCCCCC(=O)O[C@H](COC(=O)CCCCCCCCCCCCC(C)CC)COC(=O)CCCCCCCCC(C)CC. The van der Waals surface area contributed by atoms with E-state index in [1.165, 1.54) is 96.3 Å². The van der Waals surface area contributed by atoms with Crippen LogP contribution in [-0.2, 0) is 28.6 Å². The minimum absolute atomic E-state index is 0.0678. The van der Waals surface area contributed by atoms with E-state index in [9.17, 15) is 14.4 Å². The van der Waals surface area contributed by atoms with Gasteiger partial charge in [0.2, 0.25) is 0 Å². The van der Waals surface area contributed by atoms with Crippen molar-refractivity contribution < 1.29 is 28.6 Å². The Morgan fingerprint density at radius 2 is 0.745 bits per heavy atom. The van der Waals surface area contributed by atoms with Gasteiger partial charge in [-0.2, -0.15) is 0 Å². The summed E-state index contributed by atoms with van der Waals surface area (Å²) in [5.41, 5.74) is 0. The van der Waals surface area contributed by atoms with Crippen LogP contribution in [0.1, 0.15) is 214 Å². The zero-order valence-corrected chi connectivity index (χ0v) is 31.9. The Balaban J connectivity index is 4.22. The number of ether oxygens (including phenoxy) is 3. The maximum atomic E-state index is 12.5. The van der Waals surface area contributed by atoms with Crippen LogP contribution in [0, 0.1) is 11.8 Å². The lowest BCUT2D eigenvalue weighted by Gasteiger charge is -2.18. The molecule has 0 amide bonds. The standard InChI is InChI=1S/C41H78O6/c1-6-9-10-19-28-33-41(44)47-38(35-46-40(43)32-27-23-18-17-21-25-30-37(5)8-3)34-45-39(42)31-26-22-16-14-12-11-13-15-20-24-29-36(4)7-2/h36-38H,6-35H2,1-5H3/t36?,37?,38-/m1/s1. The summed E-state index contributed by atoms with van der Waals surface area (Å²) < 4.78 is 16.5. The van der Waals surface area contributed by atoms with Crippen LogP contribution in [0.4, 0.5) is 0 Å². The topological polar surface area (TPSA) is 78.9 Å². The minimum atomic E-state index is -0.758. The number of hydrogen-bond donors (Lipinski definition) is 0. The van der Waals surface area contributed by atoms with Gasteiger partial charge in [-0.1, -0.05) is 176 Å². The summed E-state index contributed by atoms with van der Waals surface area (Å²) in [4.78, 5) is 37.3. The van der Waals surface area contributed by atoms with Crippen molar-refractivity contribution in [2.75, 3.05) is 13.2 Å². The Labute approximate surface area is 291 Å². The van der Waals surface area contributed by atoms with Crippen molar-refractivity contribution in [3.63, 3.8) is 0 Å². The predicted molar refractivity (Wildman–Crippen MR) is 196 cm³/mol. The van der Waals surface area contributed by atoms with E-state index in [4.69, 9.17) is 14.2 Å². The molecule has 0 spiro atoms. The molecule has 6 nitrogen and oxygen atoms in total. The van der Waals surface area contributed by atoms with Gasteiger partial charge in [0.05, 0.1) is 0 Å². The Morgan fingerprint density at radius 3 is 1.11 bits per heavy atom. The predicted octanol–water partition coefficient (Wildman–Crippen LogP) is 12.2. The van der Waals surface area contributed by atoms with Crippen molar-refractivity contribution in [3.8, 4) is 0 Å². The Morgan fingerprint density at radius 1 is 0.426 bits per heavy atom. The summed E-state index contributed by atoms with van der Waals surface area (Å²) in [6, 6.07) is 0. The van der Waals surface area contributed by atoms with Gasteiger partial charge in [0.25, 0.3) is 0 Å². The van der Waals surface area contributed by atoms with Crippen LogP contribution < -0.4 is 0 Å². The first-order chi connectivity index (χ1) is 22.8. The second-order valence-corrected chi connectivity index (χ2v) is 14.4. The van der Waals surface area contributed by atoms with E-state index in [-0.39, 0.29) is 31.1 Å². The maximum absolute atomic E-state index is 12.5. The molecule has 0 rings (SSSR count). The monoisotopic (exact) mass is 667 g/mol. The molecule has 0 aliphatic carbocycles. The molecule has 47 heavy (non-hydrogen) atoms. The molecule has 3 atom stereocenters. The van der Waals surface area contributed by atoms with Gasteiger partial charge in [-0.3, -0.25) is 14.4 Å². The largest absolute Gasteiger partial charge is 0.462 e. The van der Waals surface area contributed by atoms with Gasteiger partial charge in [0, 0.05) is 19.3 Å². The molecule has 0 fully saturated rings. The highest BCUT2D eigenvalue weighted by Crippen LogP contribution is 2.17. The quantitative estimate of drug-likeness (QED) is 0.0380. The molecule has 0 saturated heterocycles. The average molecular weight is 667 g/mol. The third kappa shape index (κ3) is 32.7. The Kier molecular flexibility index (Phi) is 33.1. The summed E-state index contributed by atoms with van der Waals surface area (Å²) in [5.74, 6) is 0.803. The molecular weight excluding hydrogens is 588 g/mol. The molecule has 0 saturated carbocycles. The summed E-state index contributed by atoms with van der Waals surface area (Å²) in [7, 11) is 0. The normalized spacial score (nSPS) is 13.2. The van der Waals surface area contributed by atoms with E-state index >= 15 is 0 Å². The molecule has 0 heterocycles.